The lowest BCUT2D eigenvalue weighted by Gasteiger charge is -2.30. The molecular weight excluding hydrogens is 404 g/mol. The van der Waals surface area contributed by atoms with Crippen LogP contribution < -0.4 is 11.3 Å². The molecular formula is C22H27ClN4O3. The second-order valence-electron chi connectivity index (χ2n) is 8.45. The Hall–Kier alpha value is -2.69. The molecule has 0 aliphatic carbocycles. The van der Waals surface area contributed by atoms with Crippen molar-refractivity contribution in [1.29, 1.82) is 0 Å². The van der Waals surface area contributed by atoms with Crippen LogP contribution in [0.1, 0.15) is 50.6 Å². The molecule has 7 nitrogen and oxygen atoms in total. The average molecular weight is 431 g/mol. The molecule has 1 aromatic carbocycles. The Kier molecular flexibility index (Phi) is 6.02. The van der Waals surface area contributed by atoms with Crippen molar-refractivity contribution >= 4 is 17.7 Å². The molecule has 1 atom stereocenters. The molecule has 0 radical (unpaired) electrons. The molecule has 0 spiro atoms. The van der Waals surface area contributed by atoms with E-state index >= 15 is 0 Å². The number of hydrogen-bond acceptors (Lipinski definition) is 4. The number of ether oxygens (including phenoxy) is 1. The van der Waals surface area contributed by atoms with Crippen LogP contribution in [0.15, 0.2) is 23.0 Å². The summed E-state index contributed by atoms with van der Waals surface area (Å²) >= 11 is 6.27. The molecule has 30 heavy (non-hydrogen) atoms. The van der Waals surface area contributed by atoms with Gasteiger partial charge in [-0.3, -0.25) is 9.48 Å². The first-order valence-corrected chi connectivity index (χ1v) is 10.2. The van der Waals surface area contributed by atoms with Gasteiger partial charge >= 0.3 is 6.09 Å². The van der Waals surface area contributed by atoms with Crippen LogP contribution in [0.2, 0.25) is 5.02 Å². The molecule has 0 fully saturated rings. The summed E-state index contributed by atoms with van der Waals surface area (Å²) in [6.45, 7) is 7.98. The second kappa shape index (κ2) is 8.21. The van der Waals surface area contributed by atoms with E-state index in [1.165, 1.54) is 4.68 Å². The largest absolute Gasteiger partial charge is 0.444 e. The predicted molar refractivity (Wildman–Crippen MR) is 117 cm³/mol. The molecule has 160 valence electrons. The van der Waals surface area contributed by atoms with Gasteiger partial charge in [-0.15, -0.1) is 6.42 Å². The number of hydrogen-bond donors (Lipinski definition) is 1. The van der Waals surface area contributed by atoms with E-state index in [2.05, 4.69) is 5.92 Å². The molecule has 1 amide bonds. The minimum absolute atomic E-state index is 0.0865. The van der Waals surface area contributed by atoms with Crippen molar-refractivity contribution in [3.8, 4) is 18.0 Å². The number of benzene rings is 1. The van der Waals surface area contributed by atoms with Gasteiger partial charge in [0.05, 0.1) is 23.5 Å². The van der Waals surface area contributed by atoms with Crippen molar-refractivity contribution in [2.24, 2.45) is 5.73 Å². The zero-order valence-corrected chi connectivity index (χ0v) is 18.5. The third-order valence-electron chi connectivity index (χ3n) is 4.91. The topological polar surface area (TPSA) is 82.5 Å². The third-order valence-corrected chi connectivity index (χ3v) is 5.14. The molecule has 1 aromatic heterocycles. The first-order chi connectivity index (χ1) is 14.0. The molecule has 0 saturated heterocycles. The summed E-state index contributed by atoms with van der Waals surface area (Å²) in [7, 11) is 0. The number of rotatable bonds is 3. The zero-order chi connectivity index (χ0) is 22.2. The first-order valence-electron chi connectivity index (χ1n) is 9.84. The van der Waals surface area contributed by atoms with E-state index in [1.807, 2.05) is 38.4 Å². The Morgan fingerprint density at radius 1 is 1.40 bits per heavy atom. The van der Waals surface area contributed by atoms with Gasteiger partial charge in [-0.05, 0) is 45.4 Å². The molecule has 1 aliphatic rings. The van der Waals surface area contributed by atoms with Crippen molar-refractivity contribution in [3.05, 3.63) is 50.4 Å². The van der Waals surface area contributed by atoms with E-state index in [0.717, 1.165) is 16.9 Å². The van der Waals surface area contributed by atoms with Crippen molar-refractivity contribution in [2.75, 3.05) is 6.54 Å². The highest BCUT2D eigenvalue weighted by Gasteiger charge is 2.32. The minimum atomic E-state index is -0.611. The molecule has 0 unspecified atom stereocenters. The van der Waals surface area contributed by atoms with Crippen molar-refractivity contribution in [1.82, 2.24) is 14.3 Å². The van der Waals surface area contributed by atoms with E-state index in [9.17, 15) is 9.59 Å². The number of nitrogens with two attached hydrogens (primary N) is 1. The maximum absolute atomic E-state index is 13.2. The lowest BCUT2D eigenvalue weighted by Crippen LogP contribution is -2.41. The highest BCUT2D eigenvalue weighted by atomic mass is 35.5. The van der Waals surface area contributed by atoms with E-state index in [0.29, 0.717) is 23.6 Å². The fraction of sp³-hybridized carbons (Fsp3) is 0.455. The summed E-state index contributed by atoms with van der Waals surface area (Å²) in [6.07, 6.45) is 5.59. The Bertz CT molecular complexity index is 1070. The highest BCUT2D eigenvalue weighted by Crippen LogP contribution is 2.28. The van der Waals surface area contributed by atoms with Gasteiger partial charge in [0.2, 0.25) is 0 Å². The lowest BCUT2D eigenvalue weighted by atomic mass is 10.0. The lowest BCUT2D eigenvalue weighted by molar-refractivity contribution is 0.0222. The normalized spacial score (nSPS) is 14.8. The fourth-order valence-electron chi connectivity index (χ4n) is 3.64. The number of amides is 1. The molecule has 2 aromatic rings. The van der Waals surface area contributed by atoms with Gasteiger partial charge in [0.1, 0.15) is 12.1 Å². The predicted octanol–water partition coefficient (Wildman–Crippen LogP) is 3.24. The van der Waals surface area contributed by atoms with Gasteiger partial charge < -0.3 is 15.4 Å². The molecule has 0 bridgehead atoms. The molecule has 3 rings (SSSR count). The Morgan fingerprint density at radius 3 is 2.70 bits per heavy atom. The van der Waals surface area contributed by atoms with Crippen molar-refractivity contribution < 1.29 is 9.53 Å². The van der Waals surface area contributed by atoms with E-state index in [4.69, 9.17) is 28.5 Å². The van der Waals surface area contributed by atoms with Gasteiger partial charge in [-0.2, -0.15) is 0 Å². The van der Waals surface area contributed by atoms with Crippen molar-refractivity contribution in [3.63, 3.8) is 0 Å². The van der Waals surface area contributed by atoms with Gasteiger partial charge in [0.15, 0.2) is 0 Å². The summed E-state index contributed by atoms with van der Waals surface area (Å²) in [5.74, 6) is 2.55. The smallest absolute Gasteiger partial charge is 0.410 e. The average Bonchev–Trinajstić information content (AvgIpc) is 2.92. The quantitative estimate of drug-likeness (QED) is 0.758. The number of aromatic nitrogens is 2. The van der Waals surface area contributed by atoms with Crippen LogP contribution in [-0.4, -0.2) is 32.5 Å². The number of terminal acetylenes is 1. The van der Waals surface area contributed by atoms with Gasteiger partial charge in [0.25, 0.3) is 5.56 Å². The van der Waals surface area contributed by atoms with Crippen LogP contribution in [0.4, 0.5) is 4.79 Å². The summed E-state index contributed by atoms with van der Waals surface area (Å²) < 4.78 is 8.79. The van der Waals surface area contributed by atoms with Gasteiger partial charge in [0, 0.05) is 24.0 Å². The number of fused-ring (bicyclic) bond motifs is 1. The number of nitrogens with zero attached hydrogens (tertiary/aromatic N) is 3. The highest BCUT2D eigenvalue weighted by molar-refractivity contribution is 6.30. The maximum Gasteiger partial charge on any atom is 0.410 e. The SMILES string of the molecule is C#CCn1c(=O)c2c(n1-c1cc(Cl)ccc1[C@H](C)N)CCN(C(=O)OC(C)(C)C)C2. The van der Waals surface area contributed by atoms with Crippen LogP contribution in [0.3, 0.4) is 0 Å². The van der Waals surface area contributed by atoms with E-state index in [-0.39, 0.29) is 24.7 Å². The standard InChI is InChI=1S/C22H27ClN4O3/c1-6-10-26-20(28)17-13-25(21(29)30-22(3,4)5)11-9-18(17)27(26)19-12-15(23)7-8-16(19)14(2)24/h1,7-8,12,14H,9-11,13,24H2,2-5H3/t14-/m0/s1. The number of carbonyl (C=O) groups is 1. The van der Waals surface area contributed by atoms with Gasteiger partial charge in [-0.1, -0.05) is 23.6 Å². The minimum Gasteiger partial charge on any atom is -0.444 e. The molecule has 1 aliphatic heterocycles. The fourth-order valence-corrected chi connectivity index (χ4v) is 3.81. The Labute approximate surface area is 181 Å². The first kappa shape index (κ1) is 22.0. The van der Waals surface area contributed by atoms with E-state index < -0.39 is 11.7 Å². The van der Waals surface area contributed by atoms with Crippen LogP contribution >= 0.6 is 11.6 Å². The van der Waals surface area contributed by atoms with E-state index in [1.54, 1.807) is 17.0 Å². The summed E-state index contributed by atoms with van der Waals surface area (Å²) in [6, 6.07) is 5.14. The number of carbonyl (C=O) groups excluding carboxylic acids is 1. The molecule has 8 heteroatoms. The van der Waals surface area contributed by atoms with Crippen LogP contribution in [0, 0.1) is 12.3 Å². The summed E-state index contributed by atoms with van der Waals surface area (Å²) in [5.41, 5.74) is 8.23. The van der Waals surface area contributed by atoms with Gasteiger partial charge in [-0.25, -0.2) is 9.48 Å². The number of halogens is 1. The van der Waals surface area contributed by atoms with Crippen LogP contribution in [0.25, 0.3) is 5.69 Å². The van der Waals surface area contributed by atoms with Crippen LogP contribution in [0.5, 0.6) is 0 Å². The zero-order valence-electron chi connectivity index (χ0n) is 17.7. The second-order valence-corrected chi connectivity index (χ2v) is 8.88. The van der Waals surface area contributed by atoms with Crippen LogP contribution in [-0.2, 0) is 24.2 Å². The molecule has 2 heterocycles. The van der Waals surface area contributed by atoms with Crippen molar-refractivity contribution in [2.45, 2.75) is 58.8 Å². The summed E-state index contributed by atoms with van der Waals surface area (Å²) in [5, 5.41) is 0.530. The third kappa shape index (κ3) is 4.25. The monoisotopic (exact) mass is 430 g/mol. The summed E-state index contributed by atoms with van der Waals surface area (Å²) in [4.78, 5) is 27.3. The molecule has 0 saturated carbocycles. The Balaban J connectivity index is 2.13. The Morgan fingerprint density at radius 2 is 2.10 bits per heavy atom. The maximum atomic E-state index is 13.2. The molecule has 2 N–H and O–H groups in total.